The molecule has 2 aromatic rings. The third-order valence-electron chi connectivity index (χ3n) is 6.54. The fourth-order valence-electron chi connectivity index (χ4n) is 5.18. The van der Waals surface area contributed by atoms with E-state index >= 15 is 0 Å². The Hall–Kier alpha value is -1.76. The summed E-state index contributed by atoms with van der Waals surface area (Å²) < 4.78 is 0. The van der Waals surface area contributed by atoms with Crippen molar-refractivity contribution in [2.75, 3.05) is 5.32 Å². The molecule has 0 radical (unpaired) electrons. The van der Waals surface area contributed by atoms with Crippen LogP contribution in [0.15, 0.2) is 48.5 Å². The summed E-state index contributed by atoms with van der Waals surface area (Å²) in [5.41, 5.74) is 5.24. The second-order valence-corrected chi connectivity index (χ2v) is 10.4. The van der Waals surface area contributed by atoms with Gasteiger partial charge in [0.05, 0.1) is 0 Å². The van der Waals surface area contributed by atoms with Crippen molar-refractivity contribution in [2.45, 2.75) is 92.9 Å². The maximum atomic E-state index is 3.56. The standard InChI is InChI=1S/C30H47N/c1-7-9-23(3)19-25(5)21-27-11-15-29(16-12-27)31-30-17-13-28(14-18-30)22-26(6)20-24(4)10-8-2/h11-18,23-26,31H,7-10,19-22H2,1-6H3. The molecule has 1 nitrogen and oxygen atoms in total. The molecule has 0 saturated carbocycles. The molecule has 172 valence electrons. The SMILES string of the molecule is CCCC(C)CC(C)Cc1ccc(Nc2ccc(CC(C)CC(C)CCC)cc2)cc1. The summed E-state index contributed by atoms with van der Waals surface area (Å²) >= 11 is 0. The van der Waals surface area contributed by atoms with Crippen LogP contribution in [0.2, 0.25) is 0 Å². The predicted octanol–water partition coefficient (Wildman–Crippen LogP) is 9.44. The summed E-state index contributed by atoms with van der Waals surface area (Å²) in [7, 11) is 0. The largest absolute Gasteiger partial charge is 0.356 e. The number of anilines is 2. The van der Waals surface area contributed by atoms with Crippen LogP contribution in [0, 0.1) is 23.7 Å². The van der Waals surface area contributed by atoms with Crippen LogP contribution in [0.4, 0.5) is 11.4 Å². The highest BCUT2D eigenvalue weighted by atomic mass is 14.9. The zero-order valence-electron chi connectivity index (χ0n) is 21.1. The lowest BCUT2D eigenvalue weighted by molar-refractivity contribution is 0.390. The fourth-order valence-corrected chi connectivity index (χ4v) is 5.18. The monoisotopic (exact) mass is 421 g/mol. The lowest BCUT2D eigenvalue weighted by atomic mass is 9.89. The van der Waals surface area contributed by atoms with Gasteiger partial charge in [0.15, 0.2) is 0 Å². The van der Waals surface area contributed by atoms with Gasteiger partial charge in [0, 0.05) is 11.4 Å². The van der Waals surface area contributed by atoms with Crippen molar-refractivity contribution in [1.82, 2.24) is 0 Å². The molecule has 2 aromatic carbocycles. The van der Waals surface area contributed by atoms with Gasteiger partial charge in [-0.15, -0.1) is 0 Å². The van der Waals surface area contributed by atoms with Crippen LogP contribution in [0.5, 0.6) is 0 Å². The van der Waals surface area contributed by atoms with Gasteiger partial charge in [0.25, 0.3) is 0 Å². The smallest absolute Gasteiger partial charge is 0.0384 e. The lowest BCUT2D eigenvalue weighted by Crippen LogP contribution is -2.06. The highest BCUT2D eigenvalue weighted by Crippen LogP contribution is 2.24. The topological polar surface area (TPSA) is 12.0 Å². The maximum Gasteiger partial charge on any atom is 0.0384 e. The highest BCUT2D eigenvalue weighted by molar-refractivity contribution is 5.60. The van der Waals surface area contributed by atoms with Crippen molar-refractivity contribution in [3.63, 3.8) is 0 Å². The quantitative estimate of drug-likeness (QED) is 0.320. The Balaban J connectivity index is 1.82. The number of nitrogens with one attached hydrogen (secondary N) is 1. The van der Waals surface area contributed by atoms with E-state index in [1.165, 1.54) is 73.9 Å². The molecule has 2 rings (SSSR count). The highest BCUT2D eigenvalue weighted by Gasteiger charge is 2.10. The first-order valence-corrected chi connectivity index (χ1v) is 12.8. The van der Waals surface area contributed by atoms with Crippen LogP contribution in [0.1, 0.15) is 91.2 Å². The van der Waals surface area contributed by atoms with Crippen LogP contribution >= 0.6 is 0 Å². The summed E-state index contributed by atoms with van der Waals surface area (Å²) in [6.07, 6.45) is 10.3. The molecule has 1 N–H and O–H groups in total. The summed E-state index contributed by atoms with van der Waals surface area (Å²) in [6, 6.07) is 18.1. The van der Waals surface area contributed by atoms with Crippen LogP contribution < -0.4 is 5.32 Å². The fraction of sp³-hybridized carbons (Fsp3) is 0.600. The van der Waals surface area contributed by atoms with Crippen molar-refractivity contribution in [3.05, 3.63) is 59.7 Å². The number of rotatable bonds is 14. The summed E-state index contributed by atoms with van der Waals surface area (Å²) in [6.45, 7) is 14.2. The van der Waals surface area contributed by atoms with E-state index < -0.39 is 0 Å². The molecule has 0 heterocycles. The molecule has 0 saturated heterocycles. The average molecular weight is 422 g/mol. The summed E-state index contributed by atoms with van der Waals surface area (Å²) in [4.78, 5) is 0. The molecule has 0 spiro atoms. The van der Waals surface area contributed by atoms with Gasteiger partial charge >= 0.3 is 0 Å². The number of hydrogen-bond donors (Lipinski definition) is 1. The maximum absolute atomic E-state index is 3.56. The molecule has 4 unspecified atom stereocenters. The molecule has 0 amide bonds. The molecule has 0 fully saturated rings. The van der Waals surface area contributed by atoms with Gasteiger partial charge in [-0.25, -0.2) is 0 Å². The Morgan fingerprint density at radius 2 is 0.903 bits per heavy atom. The third-order valence-corrected chi connectivity index (χ3v) is 6.54. The Morgan fingerprint density at radius 1 is 0.548 bits per heavy atom. The van der Waals surface area contributed by atoms with Gasteiger partial charge in [0.2, 0.25) is 0 Å². The van der Waals surface area contributed by atoms with Crippen molar-refractivity contribution >= 4 is 11.4 Å². The molecule has 0 aromatic heterocycles. The van der Waals surface area contributed by atoms with Gasteiger partial charge in [-0.3, -0.25) is 0 Å². The van der Waals surface area contributed by atoms with E-state index in [1.807, 2.05) is 0 Å². The third kappa shape index (κ3) is 9.93. The number of benzene rings is 2. The molecule has 4 atom stereocenters. The van der Waals surface area contributed by atoms with E-state index in [1.54, 1.807) is 0 Å². The number of hydrogen-bond acceptors (Lipinski definition) is 1. The minimum Gasteiger partial charge on any atom is -0.356 e. The van der Waals surface area contributed by atoms with E-state index in [2.05, 4.69) is 95.4 Å². The molecule has 0 aliphatic rings. The van der Waals surface area contributed by atoms with Crippen molar-refractivity contribution in [3.8, 4) is 0 Å². The van der Waals surface area contributed by atoms with Gasteiger partial charge in [-0.05, 0) is 84.7 Å². The van der Waals surface area contributed by atoms with Gasteiger partial charge in [0.1, 0.15) is 0 Å². The minimum atomic E-state index is 0.750. The van der Waals surface area contributed by atoms with E-state index in [0.29, 0.717) is 0 Å². The van der Waals surface area contributed by atoms with Crippen LogP contribution in [-0.4, -0.2) is 0 Å². The molecule has 0 bridgehead atoms. The summed E-state index contributed by atoms with van der Waals surface area (Å²) in [5, 5.41) is 3.56. The normalized spacial score (nSPS) is 15.3. The Kier molecular flexibility index (Phi) is 11.2. The average Bonchev–Trinajstić information content (AvgIpc) is 2.71. The Morgan fingerprint density at radius 3 is 1.23 bits per heavy atom. The van der Waals surface area contributed by atoms with Gasteiger partial charge < -0.3 is 5.32 Å². The van der Waals surface area contributed by atoms with E-state index in [9.17, 15) is 0 Å². The lowest BCUT2D eigenvalue weighted by Gasteiger charge is -2.17. The minimum absolute atomic E-state index is 0.750. The van der Waals surface area contributed by atoms with Crippen LogP contribution in [0.25, 0.3) is 0 Å². The molecule has 1 heteroatoms. The van der Waals surface area contributed by atoms with Crippen molar-refractivity contribution in [1.29, 1.82) is 0 Å². The second kappa shape index (κ2) is 13.6. The van der Waals surface area contributed by atoms with Gasteiger partial charge in [-0.2, -0.15) is 0 Å². The van der Waals surface area contributed by atoms with Crippen molar-refractivity contribution < 1.29 is 0 Å². The Bertz CT molecular complexity index is 652. The Labute approximate surface area is 193 Å². The van der Waals surface area contributed by atoms with E-state index in [4.69, 9.17) is 0 Å². The van der Waals surface area contributed by atoms with Crippen LogP contribution in [0.3, 0.4) is 0 Å². The first-order valence-electron chi connectivity index (χ1n) is 12.8. The molecule has 0 aliphatic heterocycles. The zero-order valence-corrected chi connectivity index (χ0v) is 21.1. The summed E-state index contributed by atoms with van der Waals surface area (Å²) in [5.74, 6) is 3.18. The molecular weight excluding hydrogens is 374 g/mol. The van der Waals surface area contributed by atoms with Crippen molar-refractivity contribution in [2.24, 2.45) is 23.7 Å². The van der Waals surface area contributed by atoms with E-state index in [0.717, 1.165) is 23.7 Å². The van der Waals surface area contributed by atoms with Gasteiger partial charge in [-0.1, -0.05) is 91.5 Å². The molecule has 0 aliphatic carbocycles. The predicted molar refractivity (Wildman–Crippen MR) is 139 cm³/mol. The van der Waals surface area contributed by atoms with Crippen LogP contribution in [-0.2, 0) is 12.8 Å². The second-order valence-electron chi connectivity index (χ2n) is 10.4. The first-order chi connectivity index (χ1) is 14.9. The molecular formula is C30H47N. The molecule has 31 heavy (non-hydrogen) atoms. The first kappa shape index (κ1) is 25.5. The van der Waals surface area contributed by atoms with E-state index in [-0.39, 0.29) is 0 Å². The zero-order chi connectivity index (χ0) is 22.6.